The van der Waals surface area contributed by atoms with Crippen molar-refractivity contribution in [3.05, 3.63) is 51.7 Å². The Hall–Kier alpha value is -1.47. The summed E-state index contributed by atoms with van der Waals surface area (Å²) < 4.78 is 51.6. The third-order valence-electron chi connectivity index (χ3n) is 2.60. The molecule has 0 spiro atoms. The molecular weight excluding hydrogens is 280 g/mol. The molecule has 102 valence electrons. The van der Waals surface area contributed by atoms with Crippen LogP contribution >= 0.6 is 11.3 Å². The molecule has 0 aliphatic rings. The van der Waals surface area contributed by atoms with E-state index in [0.29, 0.717) is 11.1 Å². The van der Waals surface area contributed by atoms with Crippen LogP contribution in [0.3, 0.4) is 0 Å². The number of halogens is 4. The van der Waals surface area contributed by atoms with Gasteiger partial charge in [0.1, 0.15) is 5.82 Å². The van der Waals surface area contributed by atoms with Gasteiger partial charge in [0.05, 0.1) is 10.6 Å². The Labute approximate surface area is 110 Å². The van der Waals surface area contributed by atoms with Gasteiger partial charge in [-0.3, -0.25) is 0 Å². The maximum absolute atomic E-state index is 13.1. The number of aromatic nitrogens is 1. The predicted octanol–water partition coefficient (Wildman–Crippen LogP) is 3.54. The first-order valence-corrected chi connectivity index (χ1v) is 6.26. The Kier molecular flexibility index (Phi) is 3.86. The van der Waals surface area contributed by atoms with Crippen LogP contribution in [0.25, 0.3) is 0 Å². The van der Waals surface area contributed by atoms with E-state index in [-0.39, 0.29) is 12.0 Å². The molecule has 19 heavy (non-hydrogen) atoms. The van der Waals surface area contributed by atoms with E-state index >= 15 is 0 Å². The van der Waals surface area contributed by atoms with E-state index in [9.17, 15) is 17.6 Å². The molecule has 0 aliphatic heterocycles. The van der Waals surface area contributed by atoms with E-state index in [1.165, 1.54) is 11.3 Å². The maximum atomic E-state index is 13.1. The molecule has 0 amide bonds. The summed E-state index contributed by atoms with van der Waals surface area (Å²) in [5.74, 6) is -0.738. The highest BCUT2D eigenvalue weighted by molar-refractivity contribution is 7.09. The summed E-state index contributed by atoms with van der Waals surface area (Å²) in [4.78, 5) is 3.96. The fourth-order valence-electron chi connectivity index (χ4n) is 1.75. The highest BCUT2D eigenvalue weighted by atomic mass is 32.1. The zero-order valence-corrected chi connectivity index (χ0v) is 10.4. The SMILES string of the molecule is NC(Cc1nccs1)c1cc(F)ccc1C(F)(F)F. The van der Waals surface area contributed by atoms with Crippen molar-refractivity contribution in [3.8, 4) is 0 Å². The van der Waals surface area contributed by atoms with Crippen LogP contribution in [0.1, 0.15) is 22.2 Å². The number of thiazole rings is 1. The fourth-order valence-corrected chi connectivity index (χ4v) is 2.43. The van der Waals surface area contributed by atoms with Crippen LogP contribution in [0.5, 0.6) is 0 Å². The van der Waals surface area contributed by atoms with E-state index in [0.717, 1.165) is 12.1 Å². The molecule has 0 aliphatic carbocycles. The lowest BCUT2D eigenvalue weighted by Gasteiger charge is -2.17. The smallest absolute Gasteiger partial charge is 0.324 e. The average molecular weight is 290 g/mol. The molecule has 0 bridgehead atoms. The van der Waals surface area contributed by atoms with Crippen molar-refractivity contribution in [2.24, 2.45) is 5.73 Å². The molecule has 0 saturated heterocycles. The standard InChI is InChI=1S/C12H10F4N2S/c13-7-1-2-9(12(14,15)16)8(5-7)10(17)6-11-18-3-4-19-11/h1-5,10H,6,17H2. The third kappa shape index (κ3) is 3.30. The molecule has 7 heteroatoms. The Morgan fingerprint density at radius 3 is 2.63 bits per heavy atom. The summed E-state index contributed by atoms with van der Waals surface area (Å²) in [6.07, 6.45) is -2.86. The van der Waals surface area contributed by atoms with Gasteiger partial charge < -0.3 is 5.73 Å². The Morgan fingerprint density at radius 1 is 1.32 bits per heavy atom. The van der Waals surface area contributed by atoms with Crippen molar-refractivity contribution in [2.45, 2.75) is 18.6 Å². The highest BCUT2D eigenvalue weighted by Crippen LogP contribution is 2.35. The summed E-state index contributed by atoms with van der Waals surface area (Å²) in [5.41, 5.74) is 4.60. The molecule has 0 saturated carbocycles. The summed E-state index contributed by atoms with van der Waals surface area (Å²) in [5, 5.41) is 2.32. The Morgan fingerprint density at radius 2 is 2.05 bits per heavy atom. The van der Waals surface area contributed by atoms with Crippen LogP contribution in [0, 0.1) is 5.82 Å². The van der Waals surface area contributed by atoms with Crippen LogP contribution in [-0.2, 0) is 12.6 Å². The van der Waals surface area contributed by atoms with Crippen LogP contribution in [0.15, 0.2) is 29.8 Å². The van der Waals surface area contributed by atoms with Gasteiger partial charge in [0.25, 0.3) is 0 Å². The normalized spacial score (nSPS) is 13.5. The number of nitrogens with two attached hydrogens (primary N) is 1. The van der Waals surface area contributed by atoms with Gasteiger partial charge >= 0.3 is 6.18 Å². The minimum Gasteiger partial charge on any atom is -0.324 e. The second-order valence-electron chi connectivity index (χ2n) is 3.97. The quantitative estimate of drug-likeness (QED) is 0.878. The van der Waals surface area contributed by atoms with Crippen LogP contribution in [0.4, 0.5) is 17.6 Å². The largest absolute Gasteiger partial charge is 0.416 e. The first-order chi connectivity index (χ1) is 8.88. The lowest BCUT2D eigenvalue weighted by atomic mass is 9.98. The van der Waals surface area contributed by atoms with Gasteiger partial charge in [-0.2, -0.15) is 13.2 Å². The van der Waals surface area contributed by atoms with E-state index in [1.807, 2.05) is 0 Å². The van der Waals surface area contributed by atoms with Gasteiger partial charge in [-0.25, -0.2) is 9.37 Å². The molecule has 1 aromatic heterocycles. The van der Waals surface area contributed by atoms with Crippen molar-refractivity contribution in [3.63, 3.8) is 0 Å². The number of nitrogens with zero attached hydrogens (tertiary/aromatic N) is 1. The first kappa shape index (κ1) is 14.0. The molecule has 2 aromatic rings. The van der Waals surface area contributed by atoms with E-state index in [4.69, 9.17) is 5.73 Å². The van der Waals surface area contributed by atoms with E-state index < -0.39 is 23.6 Å². The lowest BCUT2D eigenvalue weighted by molar-refractivity contribution is -0.138. The number of hydrogen-bond acceptors (Lipinski definition) is 3. The third-order valence-corrected chi connectivity index (χ3v) is 3.40. The van der Waals surface area contributed by atoms with E-state index in [2.05, 4.69) is 4.98 Å². The van der Waals surface area contributed by atoms with Gasteiger partial charge in [-0.05, 0) is 23.8 Å². The fraction of sp³-hybridized carbons (Fsp3) is 0.250. The second-order valence-corrected chi connectivity index (χ2v) is 4.94. The summed E-state index contributed by atoms with van der Waals surface area (Å²) >= 11 is 1.30. The van der Waals surface area contributed by atoms with Gasteiger partial charge in [-0.15, -0.1) is 11.3 Å². The molecule has 1 heterocycles. The molecule has 2 nitrogen and oxygen atoms in total. The van der Waals surface area contributed by atoms with Gasteiger partial charge in [0.15, 0.2) is 0 Å². The number of rotatable bonds is 3. The molecule has 1 atom stereocenters. The number of hydrogen-bond donors (Lipinski definition) is 1. The zero-order chi connectivity index (χ0) is 14.0. The van der Waals surface area contributed by atoms with E-state index in [1.54, 1.807) is 11.6 Å². The van der Waals surface area contributed by atoms with Crippen molar-refractivity contribution in [1.29, 1.82) is 0 Å². The lowest BCUT2D eigenvalue weighted by Crippen LogP contribution is -2.19. The molecular formula is C12H10F4N2S. The minimum absolute atomic E-state index is 0.143. The van der Waals surface area contributed by atoms with Crippen molar-refractivity contribution in [2.75, 3.05) is 0 Å². The number of alkyl halides is 3. The van der Waals surface area contributed by atoms with Crippen LogP contribution in [-0.4, -0.2) is 4.98 Å². The van der Waals surface area contributed by atoms with Gasteiger partial charge in [-0.1, -0.05) is 0 Å². The average Bonchev–Trinajstić information content (AvgIpc) is 2.80. The Balaban J connectivity index is 2.34. The summed E-state index contributed by atoms with van der Waals surface area (Å²) in [7, 11) is 0. The highest BCUT2D eigenvalue weighted by Gasteiger charge is 2.34. The topological polar surface area (TPSA) is 38.9 Å². The van der Waals surface area contributed by atoms with Crippen molar-refractivity contribution >= 4 is 11.3 Å². The molecule has 2 N–H and O–H groups in total. The maximum Gasteiger partial charge on any atom is 0.416 e. The molecule has 1 aromatic carbocycles. The molecule has 2 rings (SSSR count). The molecule has 0 fully saturated rings. The number of benzene rings is 1. The monoisotopic (exact) mass is 290 g/mol. The van der Waals surface area contributed by atoms with Gasteiger partial charge in [0, 0.05) is 24.0 Å². The van der Waals surface area contributed by atoms with Gasteiger partial charge in [0.2, 0.25) is 0 Å². The van der Waals surface area contributed by atoms with Crippen LogP contribution < -0.4 is 5.73 Å². The zero-order valence-electron chi connectivity index (χ0n) is 9.62. The Bertz CT molecular complexity index is 551. The van der Waals surface area contributed by atoms with Crippen LogP contribution in [0.2, 0.25) is 0 Å². The second kappa shape index (κ2) is 5.26. The summed E-state index contributed by atoms with van der Waals surface area (Å²) in [6.45, 7) is 0. The molecule has 0 radical (unpaired) electrons. The summed E-state index contributed by atoms with van der Waals surface area (Å²) in [6, 6.07) is 1.38. The van der Waals surface area contributed by atoms with Crippen molar-refractivity contribution in [1.82, 2.24) is 4.98 Å². The predicted molar refractivity (Wildman–Crippen MR) is 64.1 cm³/mol. The molecule has 1 unspecified atom stereocenters. The first-order valence-electron chi connectivity index (χ1n) is 5.38. The van der Waals surface area contributed by atoms with Crippen molar-refractivity contribution < 1.29 is 17.6 Å². The minimum atomic E-state index is -4.55.